The predicted octanol–water partition coefficient (Wildman–Crippen LogP) is 4.66. The van der Waals surface area contributed by atoms with Crippen LogP contribution in [0.25, 0.3) is 11.3 Å². The second-order valence-electron chi connectivity index (χ2n) is 5.54. The van der Waals surface area contributed by atoms with E-state index in [1.54, 1.807) is 24.3 Å². The minimum atomic E-state index is -0.0905. The summed E-state index contributed by atoms with van der Waals surface area (Å²) in [6, 6.07) is 6.98. The molecule has 1 aliphatic heterocycles. The molecule has 0 spiro atoms. The van der Waals surface area contributed by atoms with Crippen molar-refractivity contribution in [3.63, 3.8) is 0 Å². The van der Waals surface area contributed by atoms with Crippen LogP contribution in [0, 0.1) is 0 Å². The molecule has 3 rings (SSSR count). The Morgan fingerprint density at radius 1 is 1.32 bits per heavy atom. The third kappa shape index (κ3) is 2.99. The number of likely N-dealkylation sites (tertiary alicyclic amines) is 1. The first-order valence-electron chi connectivity index (χ1n) is 7.29. The first kappa shape index (κ1) is 15.4. The highest BCUT2D eigenvalue weighted by molar-refractivity contribution is 6.36. The van der Waals surface area contributed by atoms with Crippen molar-refractivity contribution in [1.29, 1.82) is 0 Å². The van der Waals surface area contributed by atoms with Crippen molar-refractivity contribution in [2.45, 2.75) is 32.2 Å². The second kappa shape index (κ2) is 6.31. The number of hydrogen-bond acceptors (Lipinski definition) is 3. The monoisotopic (exact) mass is 338 g/mol. The summed E-state index contributed by atoms with van der Waals surface area (Å²) in [5.74, 6) is 0.377. The molecule has 1 aromatic carbocycles. The quantitative estimate of drug-likeness (QED) is 0.799. The van der Waals surface area contributed by atoms with Gasteiger partial charge in [-0.1, -0.05) is 28.4 Å². The smallest absolute Gasteiger partial charge is 0.276 e. The molecule has 116 valence electrons. The van der Waals surface area contributed by atoms with Gasteiger partial charge in [-0.15, -0.1) is 0 Å². The molecule has 0 bridgehead atoms. The lowest BCUT2D eigenvalue weighted by atomic mass is 10.0. The topological polar surface area (TPSA) is 46.3 Å². The molecule has 2 heterocycles. The minimum Gasteiger partial charge on any atom is -0.355 e. The van der Waals surface area contributed by atoms with Gasteiger partial charge in [0.2, 0.25) is 0 Å². The fourth-order valence-electron chi connectivity index (χ4n) is 2.74. The van der Waals surface area contributed by atoms with Crippen LogP contribution in [0.4, 0.5) is 0 Å². The summed E-state index contributed by atoms with van der Waals surface area (Å²) in [7, 11) is 0. The van der Waals surface area contributed by atoms with E-state index in [2.05, 4.69) is 12.1 Å². The third-order valence-electron chi connectivity index (χ3n) is 3.99. The second-order valence-corrected chi connectivity index (χ2v) is 6.39. The maximum Gasteiger partial charge on any atom is 0.276 e. The van der Waals surface area contributed by atoms with Gasteiger partial charge in [-0.25, -0.2) is 0 Å². The molecule has 1 aliphatic rings. The Kier molecular flexibility index (Phi) is 4.41. The van der Waals surface area contributed by atoms with Crippen LogP contribution in [0.5, 0.6) is 0 Å². The van der Waals surface area contributed by atoms with Gasteiger partial charge in [-0.3, -0.25) is 4.79 Å². The van der Waals surface area contributed by atoms with E-state index in [0.29, 0.717) is 27.1 Å². The fourth-order valence-corrected chi connectivity index (χ4v) is 3.24. The van der Waals surface area contributed by atoms with Crippen LogP contribution in [-0.2, 0) is 0 Å². The minimum absolute atomic E-state index is 0.0905. The molecule has 1 unspecified atom stereocenters. The zero-order chi connectivity index (χ0) is 15.7. The molecule has 0 aliphatic carbocycles. The van der Waals surface area contributed by atoms with Crippen LogP contribution in [-0.4, -0.2) is 28.6 Å². The van der Waals surface area contributed by atoms with Gasteiger partial charge in [0.05, 0.1) is 5.02 Å². The lowest BCUT2D eigenvalue weighted by Gasteiger charge is -2.32. The number of nitrogens with zero attached hydrogens (tertiary/aromatic N) is 2. The number of carbonyl (C=O) groups excluding carboxylic acids is 1. The molecule has 0 radical (unpaired) electrons. The van der Waals surface area contributed by atoms with E-state index >= 15 is 0 Å². The molecule has 0 saturated carbocycles. The molecule has 4 nitrogen and oxygen atoms in total. The molecule has 6 heteroatoms. The zero-order valence-corrected chi connectivity index (χ0v) is 13.7. The molecule has 1 aromatic heterocycles. The van der Waals surface area contributed by atoms with Crippen LogP contribution in [0.15, 0.2) is 28.8 Å². The summed E-state index contributed by atoms with van der Waals surface area (Å²) in [6.07, 6.45) is 3.22. The van der Waals surface area contributed by atoms with Crippen LogP contribution in [0.1, 0.15) is 36.7 Å². The highest BCUT2D eigenvalue weighted by Crippen LogP contribution is 2.31. The number of hydrogen-bond donors (Lipinski definition) is 0. The normalized spacial score (nSPS) is 18.5. The Labute approximate surface area is 139 Å². The van der Waals surface area contributed by atoms with Gasteiger partial charge in [0.1, 0.15) is 0 Å². The SMILES string of the molecule is CC1CCCCN1C(=O)c1cc(-c2ccc(Cl)cc2Cl)on1. The average molecular weight is 339 g/mol. The van der Waals surface area contributed by atoms with E-state index in [1.807, 2.05) is 4.90 Å². The lowest BCUT2D eigenvalue weighted by Crippen LogP contribution is -2.42. The van der Waals surface area contributed by atoms with Crippen molar-refractivity contribution in [2.24, 2.45) is 0 Å². The van der Waals surface area contributed by atoms with Gasteiger partial charge in [0.15, 0.2) is 11.5 Å². The van der Waals surface area contributed by atoms with Gasteiger partial charge in [0, 0.05) is 29.2 Å². The van der Waals surface area contributed by atoms with Crippen LogP contribution >= 0.6 is 23.2 Å². The van der Waals surface area contributed by atoms with Crippen molar-refractivity contribution in [3.05, 3.63) is 40.0 Å². The standard InChI is InChI=1S/C16H16Cl2N2O2/c1-10-4-2-3-7-20(10)16(21)14-9-15(22-19-14)12-6-5-11(17)8-13(12)18/h5-6,8-10H,2-4,7H2,1H3. The van der Waals surface area contributed by atoms with Gasteiger partial charge in [0.25, 0.3) is 5.91 Å². The van der Waals surface area contributed by atoms with Crippen LogP contribution in [0.3, 0.4) is 0 Å². The molecule has 1 fully saturated rings. The maximum absolute atomic E-state index is 12.5. The number of amides is 1. The van der Waals surface area contributed by atoms with Crippen molar-refractivity contribution in [1.82, 2.24) is 10.1 Å². The summed E-state index contributed by atoms with van der Waals surface area (Å²) in [6.45, 7) is 2.83. The van der Waals surface area contributed by atoms with Gasteiger partial charge in [-0.2, -0.15) is 0 Å². The number of aromatic nitrogens is 1. The van der Waals surface area contributed by atoms with E-state index in [4.69, 9.17) is 27.7 Å². The van der Waals surface area contributed by atoms with Gasteiger partial charge in [-0.05, 0) is 44.4 Å². The Morgan fingerprint density at radius 2 is 2.14 bits per heavy atom. The van der Waals surface area contributed by atoms with Gasteiger partial charge >= 0.3 is 0 Å². The number of carbonyl (C=O) groups is 1. The molecule has 0 N–H and O–H groups in total. The molecule has 2 aromatic rings. The molecule has 1 saturated heterocycles. The van der Waals surface area contributed by atoms with E-state index in [9.17, 15) is 4.79 Å². The fraction of sp³-hybridized carbons (Fsp3) is 0.375. The summed E-state index contributed by atoms with van der Waals surface area (Å²) < 4.78 is 5.29. The Balaban J connectivity index is 1.85. The van der Waals surface area contributed by atoms with E-state index < -0.39 is 0 Å². The van der Waals surface area contributed by atoms with E-state index in [1.165, 1.54) is 0 Å². The largest absolute Gasteiger partial charge is 0.355 e. The van der Waals surface area contributed by atoms with E-state index in [-0.39, 0.29) is 11.9 Å². The summed E-state index contributed by atoms with van der Waals surface area (Å²) in [5.41, 5.74) is 0.985. The van der Waals surface area contributed by atoms with Crippen molar-refractivity contribution in [3.8, 4) is 11.3 Å². The van der Waals surface area contributed by atoms with E-state index in [0.717, 1.165) is 25.8 Å². The molecular weight excluding hydrogens is 323 g/mol. The zero-order valence-electron chi connectivity index (χ0n) is 12.2. The predicted molar refractivity (Wildman–Crippen MR) is 86.3 cm³/mol. The molecular formula is C16H16Cl2N2O2. The van der Waals surface area contributed by atoms with Crippen molar-refractivity contribution >= 4 is 29.1 Å². The van der Waals surface area contributed by atoms with Crippen LogP contribution in [0.2, 0.25) is 10.0 Å². The summed E-state index contributed by atoms with van der Waals surface area (Å²) >= 11 is 12.0. The number of piperidine rings is 1. The number of halogens is 2. The Bertz CT molecular complexity index is 699. The van der Waals surface area contributed by atoms with Crippen LogP contribution < -0.4 is 0 Å². The first-order chi connectivity index (χ1) is 10.6. The first-order valence-corrected chi connectivity index (χ1v) is 8.05. The van der Waals surface area contributed by atoms with Crippen molar-refractivity contribution in [2.75, 3.05) is 6.54 Å². The number of rotatable bonds is 2. The van der Waals surface area contributed by atoms with Crippen molar-refractivity contribution < 1.29 is 9.32 Å². The molecule has 1 amide bonds. The molecule has 1 atom stereocenters. The third-order valence-corrected chi connectivity index (χ3v) is 4.54. The average Bonchev–Trinajstić information content (AvgIpc) is 2.96. The summed E-state index contributed by atoms with van der Waals surface area (Å²) in [5, 5.41) is 4.92. The molecule has 22 heavy (non-hydrogen) atoms. The van der Waals surface area contributed by atoms with Gasteiger partial charge < -0.3 is 9.42 Å². The maximum atomic E-state index is 12.5. The lowest BCUT2D eigenvalue weighted by molar-refractivity contribution is 0.0625. The Morgan fingerprint density at radius 3 is 2.86 bits per heavy atom. The highest BCUT2D eigenvalue weighted by Gasteiger charge is 2.26. The summed E-state index contributed by atoms with van der Waals surface area (Å²) in [4.78, 5) is 14.4. The number of benzene rings is 1. The Hall–Kier alpha value is -1.52. The highest BCUT2D eigenvalue weighted by atomic mass is 35.5.